The number of ether oxygens (including phenoxy) is 1. The summed E-state index contributed by atoms with van der Waals surface area (Å²) >= 11 is 11.9. The Bertz CT molecular complexity index is 913. The standard InChI is InChI=1S/C18H14Cl2FN3O2/c19-13-4-6-15(7-5-13)26-11-17(25)22-18-16(20)10-24(23-18)9-12-2-1-3-14(21)8-12/h1-8,10H,9,11H2,(H,22,23,25). The molecule has 0 unspecified atom stereocenters. The molecule has 0 saturated carbocycles. The number of anilines is 1. The number of rotatable bonds is 6. The van der Waals surface area contributed by atoms with Gasteiger partial charge in [0.25, 0.3) is 5.91 Å². The number of carbonyl (C=O) groups excluding carboxylic acids is 1. The van der Waals surface area contributed by atoms with Gasteiger partial charge in [0.15, 0.2) is 12.4 Å². The van der Waals surface area contributed by atoms with Gasteiger partial charge in [-0.25, -0.2) is 4.39 Å². The highest BCUT2D eigenvalue weighted by atomic mass is 35.5. The zero-order valence-corrected chi connectivity index (χ0v) is 15.0. The Morgan fingerprint density at radius 3 is 2.69 bits per heavy atom. The van der Waals surface area contributed by atoms with Crippen LogP contribution >= 0.6 is 23.2 Å². The van der Waals surface area contributed by atoms with E-state index >= 15 is 0 Å². The molecule has 0 fully saturated rings. The Balaban J connectivity index is 1.58. The molecule has 0 bridgehead atoms. The third-order valence-corrected chi connectivity index (χ3v) is 3.92. The van der Waals surface area contributed by atoms with E-state index in [1.165, 1.54) is 16.8 Å². The maximum Gasteiger partial charge on any atom is 0.263 e. The summed E-state index contributed by atoms with van der Waals surface area (Å²) in [6.45, 7) is 0.128. The molecule has 5 nitrogen and oxygen atoms in total. The number of hydrogen-bond donors (Lipinski definition) is 1. The maximum absolute atomic E-state index is 13.2. The van der Waals surface area contributed by atoms with Gasteiger partial charge in [-0.1, -0.05) is 35.3 Å². The summed E-state index contributed by atoms with van der Waals surface area (Å²) in [5, 5.41) is 7.64. The molecule has 0 saturated heterocycles. The summed E-state index contributed by atoms with van der Waals surface area (Å²) in [6.07, 6.45) is 1.56. The molecule has 0 aliphatic carbocycles. The fourth-order valence-corrected chi connectivity index (χ4v) is 2.56. The molecule has 134 valence electrons. The third kappa shape index (κ3) is 4.97. The summed E-state index contributed by atoms with van der Waals surface area (Å²) in [6, 6.07) is 12.8. The largest absolute Gasteiger partial charge is 0.484 e. The van der Waals surface area contributed by atoms with E-state index in [0.717, 1.165) is 5.56 Å². The number of carbonyl (C=O) groups is 1. The van der Waals surface area contributed by atoms with Crippen LogP contribution in [0, 0.1) is 5.82 Å². The lowest BCUT2D eigenvalue weighted by atomic mass is 10.2. The first-order chi connectivity index (χ1) is 12.5. The van der Waals surface area contributed by atoms with Gasteiger partial charge in [-0.15, -0.1) is 0 Å². The van der Waals surface area contributed by atoms with Crippen molar-refractivity contribution in [2.75, 3.05) is 11.9 Å². The van der Waals surface area contributed by atoms with Gasteiger partial charge in [0, 0.05) is 11.2 Å². The van der Waals surface area contributed by atoms with Gasteiger partial charge in [-0.2, -0.15) is 5.10 Å². The molecule has 0 aliphatic rings. The first-order valence-corrected chi connectivity index (χ1v) is 8.41. The van der Waals surface area contributed by atoms with Crippen LogP contribution in [-0.2, 0) is 11.3 Å². The van der Waals surface area contributed by atoms with Gasteiger partial charge in [0.2, 0.25) is 0 Å². The van der Waals surface area contributed by atoms with E-state index in [0.29, 0.717) is 17.3 Å². The number of halogens is 3. The molecule has 1 N–H and O–H groups in total. The van der Waals surface area contributed by atoms with Crippen molar-refractivity contribution in [3.05, 3.63) is 76.2 Å². The lowest BCUT2D eigenvalue weighted by Gasteiger charge is -2.06. The molecule has 8 heteroatoms. The predicted octanol–water partition coefficient (Wildman–Crippen LogP) is 4.39. The van der Waals surface area contributed by atoms with Crippen LogP contribution in [-0.4, -0.2) is 22.3 Å². The number of aromatic nitrogens is 2. The maximum atomic E-state index is 13.2. The minimum Gasteiger partial charge on any atom is -0.484 e. The Morgan fingerprint density at radius 2 is 1.96 bits per heavy atom. The first kappa shape index (κ1) is 18.2. The molecule has 1 amide bonds. The van der Waals surface area contributed by atoms with Crippen molar-refractivity contribution in [1.82, 2.24) is 9.78 Å². The molecule has 0 radical (unpaired) electrons. The second-order valence-corrected chi connectivity index (χ2v) is 6.29. The molecule has 1 heterocycles. The van der Waals surface area contributed by atoms with Crippen molar-refractivity contribution in [3.63, 3.8) is 0 Å². The van der Waals surface area contributed by atoms with Gasteiger partial charge >= 0.3 is 0 Å². The summed E-state index contributed by atoms with van der Waals surface area (Å²) in [4.78, 5) is 12.0. The van der Waals surface area contributed by atoms with Gasteiger partial charge in [0.1, 0.15) is 16.6 Å². The van der Waals surface area contributed by atoms with Crippen LogP contribution in [0.5, 0.6) is 5.75 Å². The van der Waals surface area contributed by atoms with Crippen molar-refractivity contribution >= 4 is 34.9 Å². The van der Waals surface area contributed by atoms with Crippen molar-refractivity contribution in [1.29, 1.82) is 0 Å². The van der Waals surface area contributed by atoms with Crippen LogP contribution in [0.1, 0.15) is 5.56 Å². The van der Waals surface area contributed by atoms with E-state index in [9.17, 15) is 9.18 Å². The second-order valence-electron chi connectivity index (χ2n) is 5.44. The minimum atomic E-state index is -0.405. The Kier molecular flexibility index (Phi) is 5.75. The topological polar surface area (TPSA) is 56.1 Å². The fraction of sp³-hybridized carbons (Fsp3) is 0.111. The molecule has 26 heavy (non-hydrogen) atoms. The predicted molar refractivity (Wildman–Crippen MR) is 98.3 cm³/mol. The molecule has 0 atom stereocenters. The summed E-state index contributed by atoms with van der Waals surface area (Å²) < 4.78 is 20.1. The zero-order chi connectivity index (χ0) is 18.5. The molecular formula is C18H14Cl2FN3O2. The number of hydrogen-bond acceptors (Lipinski definition) is 3. The lowest BCUT2D eigenvalue weighted by molar-refractivity contribution is -0.118. The molecule has 1 aromatic heterocycles. The summed E-state index contributed by atoms with van der Waals surface area (Å²) in [7, 11) is 0. The molecular weight excluding hydrogens is 380 g/mol. The van der Waals surface area contributed by atoms with Crippen LogP contribution in [0.2, 0.25) is 10.0 Å². The fourth-order valence-electron chi connectivity index (χ4n) is 2.23. The van der Waals surface area contributed by atoms with Crippen LogP contribution in [0.3, 0.4) is 0 Å². The monoisotopic (exact) mass is 393 g/mol. The van der Waals surface area contributed by atoms with E-state index in [1.807, 2.05) is 0 Å². The highest BCUT2D eigenvalue weighted by Crippen LogP contribution is 2.20. The minimum absolute atomic E-state index is 0.200. The summed E-state index contributed by atoms with van der Waals surface area (Å²) in [5.41, 5.74) is 0.730. The van der Waals surface area contributed by atoms with E-state index in [1.54, 1.807) is 42.6 Å². The van der Waals surface area contributed by atoms with Gasteiger partial charge in [-0.3, -0.25) is 9.48 Å². The average Bonchev–Trinajstić information content (AvgIpc) is 2.93. The Labute approximate surface area is 159 Å². The van der Waals surface area contributed by atoms with Crippen LogP contribution in [0.4, 0.5) is 10.2 Å². The van der Waals surface area contributed by atoms with Crippen molar-refractivity contribution in [2.45, 2.75) is 6.54 Å². The van der Waals surface area contributed by atoms with Crippen LogP contribution < -0.4 is 10.1 Å². The third-order valence-electron chi connectivity index (χ3n) is 3.39. The quantitative estimate of drug-likeness (QED) is 0.675. The van der Waals surface area contributed by atoms with E-state index < -0.39 is 5.91 Å². The SMILES string of the molecule is O=C(COc1ccc(Cl)cc1)Nc1nn(Cc2cccc(F)c2)cc1Cl. The van der Waals surface area contributed by atoms with Gasteiger partial charge in [0.05, 0.1) is 6.54 Å². The van der Waals surface area contributed by atoms with Crippen molar-refractivity contribution < 1.29 is 13.9 Å². The number of benzene rings is 2. The molecule has 3 aromatic rings. The van der Waals surface area contributed by atoms with Gasteiger partial charge < -0.3 is 10.1 Å². The number of amides is 1. The van der Waals surface area contributed by atoms with Crippen LogP contribution in [0.25, 0.3) is 0 Å². The van der Waals surface area contributed by atoms with E-state index in [2.05, 4.69) is 10.4 Å². The Hall–Kier alpha value is -2.57. The van der Waals surface area contributed by atoms with Crippen molar-refractivity contribution in [3.8, 4) is 5.75 Å². The summed E-state index contributed by atoms with van der Waals surface area (Å²) in [5.74, 6) is 0.00606. The normalized spacial score (nSPS) is 10.6. The molecule has 0 aliphatic heterocycles. The van der Waals surface area contributed by atoms with E-state index in [4.69, 9.17) is 27.9 Å². The molecule has 2 aromatic carbocycles. The number of nitrogens with zero attached hydrogens (tertiary/aromatic N) is 2. The smallest absolute Gasteiger partial charge is 0.263 e. The zero-order valence-electron chi connectivity index (χ0n) is 13.5. The van der Waals surface area contributed by atoms with Crippen molar-refractivity contribution in [2.24, 2.45) is 0 Å². The lowest BCUT2D eigenvalue weighted by Crippen LogP contribution is -2.20. The van der Waals surface area contributed by atoms with Crippen LogP contribution in [0.15, 0.2) is 54.7 Å². The number of nitrogens with one attached hydrogen (secondary N) is 1. The average molecular weight is 394 g/mol. The highest BCUT2D eigenvalue weighted by Gasteiger charge is 2.12. The first-order valence-electron chi connectivity index (χ1n) is 7.65. The van der Waals surface area contributed by atoms with E-state index in [-0.39, 0.29) is 23.3 Å². The molecule has 0 spiro atoms. The second kappa shape index (κ2) is 8.21. The van der Waals surface area contributed by atoms with Gasteiger partial charge in [-0.05, 0) is 42.0 Å². The highest BCUT2D eigenvalue weighted by molar-refractivity contribution is 6.33. The Morgan fingerprint density at radius 1 is 1.19 bits per heavy atom. The molecule has 3 rings (SSSR count).